The number of hydrogen-bond donors (Lipinski definition) is 6. The molecule has 12 nitrogen and oxygen atoms in total. The number of rotatable bonds is 12. The van der Waals surface area contributed by atoms with Crippen LogP contribution in [-0.4, -0.2) is 101 Å². The number of carbonyl (C=O) groups is 2. The van der Waals surface area contributed by atoms with E-state index in [1.54, 1.807) is 0 Å². The first-order valence-corrected chi connectivity index (χ1v) is 10.0. The molecule has 0 amide bonds. The van der Waals surface area contributed by atoms with E-state index in [0.717, 1.165) is 0 Å². The zero-order chi connectivity index (χ0) is 22.6. The number of carboxylic acids is 2. The van der Waals surface area contributed by atoms with Gasteiger partial charge < -0.3 is 31.7 Å². The van der Waals surface area contributed by atoms with Gasteiger partial charge in [-0.05, 0) is 12.7 Å². The minimum absolute atomic E-state index is 0.0376. The Morgan fingerprint density at radius 1 is 1.28 bits per heavy atom. The molecule has 3 atom stereocenters. The zero-order valence-corrected chi connectivity index (χ0v) is 16.2. The molecule has 0 aromatic heterocycles. The van der Waals surface area contributed by atoms with Crippen LogP contribution in [0.5, 0.6) is 0 Å². The van der Waals surface area contributed by atoms with E-state index >= 15 is 0 Å². The van der Waals surface area contributed by atoms with Crippen molar-refractivity contribution in [2.45, 2.75) is 37.2 Å². The van der Waals surface area contributed by atoms with E-state index in [-0.39, 0.29) is 23.5 Å². The molecule has 0 aromatic carbocycles. The average Bonchev–Trinajstić information content (AvgIpc) is 2.92. The molecule has 29 heavy (non-hydrogen) atoms. The van der Waals surface area contributed by atoms with Crippen LogP contribution >= 0.6 is 0 Å². The Balaban J connectivity index is 3.10. The van der Waals surface area contributed by atoms with Gasteiger partial charge in [-0.3, -0.25) is 9.59 Å². The maximum Gasteiger partial charge on any atom is 0.451 e. The molecule has 1 rings (SSSR count). The van der Waals surface area contributed by atoms with Crippen molar-refractivity contribution in [3.63, 3.8) is 0 Å². The van der Waals surface area contributed by atoms with E-state index in [1.165, 1.54) is 0 Å². The van der Waals surface area contributed by atoms with Gasteiger partial charge in [0.15, 0.2) is 0 Å². The summed E-state index contributed by atoms with van der Waals surface area (Å²) in [6.07, 6.45) is -3.05. The van der Waals surface area contributed by atoms with Crippen molar-refractivity contribution in [1.82, 2.24) is 8.61 Å². The SMILES string of the molecule is NC(CN(CC(F)F)S(=O)(=O)N1C[C@H](CCCB(O)O)[C@](N)(C(=O)O)C1)C(=O)O. The Kier molecular flexibility index (Phi) is 8.88. The van der Waals surface area contributed by atoms with E-state index in [1.807, 2.05) is 0 Å². The van der Waals surface area contributed by atoms with E-state index in [9.17, 15) is 31.9 Å². The van der Waals surface area contributed by atoms with Crippen molar-refractivity contribution >= 4 is 29.3 Å². The van der Waals surface area contributed by atoms with E-state index in [4.69, 9.17) is 26.6 Å². The largest absolute Gasteiger partial charge is 0.480 e. The highest BCUT2D eigenvalue weighted by atomic mass is 32.2. The molecule has 1 heterocycles. The van der Waals surface area contributed by atoms with Crippen molar-refractivity contribution < 1.29 is 47.0 Å². The van der Waals surface area contributed by atoms with Crippen LogP contribution in [-0.2, 0) is 19.8 Å². The summed E-state index contributed by atoms with van der Waals surface area (Å²) < 4.78 is 52.2. The van der Waals surface area contributed by atoms with Crippen LogP contribution in [0.3, 0.4) is 0 Å². The predicted octanol–water partition coefficient (Wildman–Crippen LogP) is -2.82. The van der Waals surface area contributed by atoms with Crippen LogP contribution in [0, 0.1) is 5.92 Å². The number of nitrogens with zero attached hydrogens (tertiary/aromatic N) is 2. The van der Waals surface area contributed by atoms with E-state index in [0.29, 0.717) is 4.31 Å². The van der Waals surface area contributed by atoms with Crippen LogP contribution < -0.4 is 11.5 Å². The van der Waals surface area contributed by atoms with Crippen LogP contribution in [0.15, 0.2) is 0 Å². The molecular formula is C13H25BF2N4O8S. The van der Waals surface area contributed by atoms with Crippen molar-refractivity contribution in [1.29, 1.82) is 0 Å². The molecule has 1 saturated heterocycles. The van der Waals surface area contributed by atoms with Crippen molar-refractivity contribution in [2.75, 3.05) is 26.2 Å². The fourth-order valence-corrected chi connectivity index (χ4v) is 4.81. The molecule has 8 N–H and O–H groups in total. The molecule has 0 radical (unpaired) electrons. The first-order chi connectivity index (χ1) is 13.2. The van der Waals surface area contributed by atoms with Gasteiger partial charge in [0.25, 0.3) is 16.6 Å². The van der Waals surface area contributed by atoms with Gasteiger partial charge in [-0.25, -0.2) is 8.78 Å². The average molecular weight is 446 g/mol. The van der Waals surface area contributed by atoms with Gasteiger partial charge in [0.05, 0.1) is 6.54 Å². The lowest BCUT2D eigenvalue weighted by molar-refractivity contribution is -0.144. The quantitative estimate of drug-likeness (QED) is 0.169. The molecular weight excluding hydrogens is 421 g/mol. The molecule has 0 saturated carbocycles. The minimum Gasteiger partial charge on any atom is -0.480 e. The maximum absolute atomic E-state index is 12.9. The molecule has 168 valence electrons. The Hall–Kier alpha value is -1.43. The summed E-state index contributed by atoms with van der Waals surface area (Å²) in [6, 6.07) is -1.77. The number of hydrogen-bond acceptors (Lipinski definition) is 8. The smallest absolute Gasteiger partial charge is 0.451 e. The third-order valence-electron chi connectivity index (χ3n) is 4.72. The summed E-state index contributed by atoms with van der Waals surface area (Å²) >= 11 is 0. The topological polar surface area (TPSA) is 208 Å². The highest BCUT2D eigenvalue weighted by molar-refractivity contribution is 7.86. The zero-order valence-electron chi connectivity index (χ0n) is 15.4. The second-order valence-electron chi connectivity index (χ2n) is 6.91. The normalized spacial score (nSPS) is 24.2. The number of nitrogens with two attached hydrogens (primary N) is 2. The summed E-state index contributed by atoms with van der Waals surface area (Å²) in [5.41, 5.74) is 9.13. The van der Waals surface area contributed by atoms with Gasteiger partial charge >= 0.3 is 19.1 Å². The summed E-state index contributed by atoms with van der Waals surface area (Å²) in [4.78, 5) is 22.5. The van der Waals surface area contributed by atoms with E-state index < -0.39 is 79.4 Å². The standard InChI is InChI=1S/C13H25BF2N4O8S/c15-10(16)6-19(5-9(17)11(21)22)29(27,28)20-4-8(2-1-3-14(25)26)13(18,7-20)12(23)24/h8-10,25-26H,1-7,17-18H2,(H,21,22)(H,23,24)/t8-,9?,13-/m0/s1. The summed E-state index contributed by atoms with van der Waals surface area (Å²) in [7, 11) is -6.33. The fraction of sp³-hybridized carbons (Fsp3) is 0.846. The van der Waals surface area contributed by atoms with Gasteiger partial charge in [0.1, 0.15) is 11.6 Å². The van der Waals surface area contributed by atoms with Crippen LogP contribution in [0.1, 0.15) is 12.8 Å². The number of aliphatic carboxylic acids is 2. The molecule has 1 aliphatic heterocycles. The monoisotopic (exact) mass is 446 g/mol. The van der Waals surface area contributed by atoms with Gasteiger partial charge in [-0.15, -0.1) is 0 Å². The second-order valence-corrected chi connectivity index (χ2v) is 8.84. The summed E-state index contributed by atoms with van der Waals surface area (Å²) in [5.74, 6) is -4.04. The third-order valence-corrected chi connectivity index (χ3v) is 6.60. The molecule has 0 aromatic rings. The number of carboxylic acid groups (broad SMARTS) is 2. The maximum atomic E-state index is 12.9. The predicted molar refractivity (Wildman–Crippen MR) is 96.0 cm³/mol. The Bertz CT molecular complexity index is 700. The lowest BCUT2D eigenvalue weighted by Crippen LogP contribution is -2.56. The summed E-state index contributed by atoms with van der Waals surface area (Å²) in [5, 5.41) is 36.1. The van der Waals surface area contributed by atoms with Crippen LogP contribution in [0.4, 0.5) is 8.78 Å². The molecule has 16 heteroatoms. The van der Waals surface area contributed by atoms with Crippen molar-refractivity contribution in [3.05, 3.63) is 0 Å². The first kappa shape index (κ1) is 25.6. The highest BCUT2D eigenvalue weighted by Gasteiger charge is 2.53. The fourth-order valence-electron chi connectivity index (χ4n) is 3.09. The van der Waals surface area contributed by atoms with E-state index in [2.05, 4.69) is 0 Å². The lowest BCUT2D eigenvalue weighted by atomic mass is 9.78. The molecule has 1 aliphatic rings. The summed E-state index contributed by atoms with van der Waals surface area (Å²) in [6.45, 7) is -3.41. The molecule has 1 fully saturated rings. The molecule has 0 bridgehead atoms. The molecule has 0 spiro atoms. The first-order valence-electron chi connectivity index (χ1n) is 8.62. The molecule has 0 aliphatic carbocycles. The number of alkyl halides is 2. The van der Waals surface area contributed by atoms with Gasteiger partial charge in [0.2, 0.25) is 0 Å². The lowest BCUT2D eigenvalue weighted by Gasteiger charge is -2.28. The van der Waals surface area contributed by atoms with Crippen molar-refractivity contribution in [3.8, 4) is 0 Å². The molecule has 1 unspecified atom stereocenters. The van der Waals surface area contributed by atoms with Crippen molar-refractivity contribution in [2.24, 2.45) is 17.4 Å². The van der Waals surface area contributed by atoms with Gasteiger partial charge in [-0.2, -0.15) is 17.0 Å². The highest BCUT2D eigenvalue weighted by Crippen LogP contribution is 2.33. The Labute approximate surface area is 166 Å². The van der Waals surface area contributed by atoms with Gasteiger partial charge in [0, 0.05) is 25.6 Å². The second kappa shape index (κ2) is 10.1. The number of halogens is 2. The Morgan fingerprint density at radius 3 is 2.31 bits per heavy atom. The minimum atomic E-state index is -4.70. The third kappa shape index (κ3) is 6.53. The van der Waals surface area contributed by atoms with Crippen LogP contribution in [0.25, 0.3) is 0 Å². The Morgan fingerprint density at radius 2 is 1.86 bits per heavy atom. The van der Waals surface area contributed by atoms with Crippen LogP contribution in [0.2, 0.25) is 6.32 Å². The van der Waals surface area contributed by atoms with Gasteiger partial charge in [-0.1, -0.05) is 6.42 Å².